The van der Waals surface area contributed by atoms with Crippen molar-refractivity contribution in [3.63, 3.8) is 0 Å². The minimum atomic E-state index is -0.557. The Morgan fingerprint density at radius 1 is 0.949 bits per heavy atom. The molecule has 0 saturated carbocycles. The summed E-state index contributed by atoms with van der Waals surface area (Å²) in [6.07, 6.45) is 2.97. The van der Waals surface area contributed by atoms with Crippen LogP contribution in [-0.2, 0) is 11.8 Å². The molecule has 0 atom stereocenters. The van der Waals surface area contributed by atoms with E-state index >= 15 is 0 Å². The Kier molecular flexibility index (Phi) is 7.37. The van der Waals surface area contributed by atoms with Gasteiger partial charge in [-0.3, -0.25) is 19.6 Å². The van der Waals surface area contributed by atoms with Crippen LogP contribution >= 0.6 is 0 Å². The number of hydrogen-bond donors (Lipinski definition) is 2. The summed E-state index contributed by atoms with van der Waals surface area (Å²) >= 11 is 0. The third-order valence-corrected chi connectivity index (χ3v) is 6.26. The van der Waals surface area contributed by atoms with Crippen LogP contribution in [0.15, 0.2) is 71.8 Å². The third-order valence-electron chi connectivity index (χ3n) is 6.26. The van der Waals surface area contributed by atoms with Crippen LogP contribution in [0, 0.1) is 6.92 Å². The number of nitrogens with zero attached hydrogens (tertiary/aromatic N) is 5. The maximum Gasteiger partial charge on any atom is 0.323 e. The van der Waals surface area contributed by atoms with Crippen LogP contribution in [0.4, 0.5) is 16.4 Å². The SMILES string of the molecule is Cc1c(C(=O)Nc2ccc(Oc3ccnc(NC(=O)N4CCOCC4)c3)cn2)c(=O)n(-c2ccccc2)n1C. The van der Waals surface area contributed by atoms with E-state index < -0.39 is 11.5 Å². The molecule has 1 aliphatic rings. The molecule has 1 saturated heterocycles. The molecule has 0 aliphatic carbocycles. The van der Waals surface area contributed by atoms with Crippen LogP contribution in [0.25, 0.3) is 5.69 Å². The molecule has 3 amide bonds. The van der Waals surface area contributed by atoms with E-state index in [2.05, 4.69) is 20.6 Å². The van der Waals surface area contributed by atoms with Gasteiger partial charge >= 0.3 is 6.03 Å². The van der Waals surface area contributed by atoms with Crippen molar-refractivity contribution in [2.45, 2.75) is 6.92 Å². The van der Waals surface area contributed by atoms with Crippen molar-refractivity contribution in [3.05, 3.63) is 88.6 Å². The minimum absolute atomic E-state index is 0.0342. The van der Waals surface area contributed by atoms with E-state index in [1.807, 2.05) is 18.2 Å². The second-order valence-corrected chi connectivity index (χ2v) is 8.78. The lowest BCUT2D eigenvalue weighted by atomic mass is 10.2. The summed E-state index contributed by atoms with van der Waals surface area (Å²) in [4.78, 5) is 48.6. The van der Waals surface area contributed by atoms with Gasteiger partial charge in [0.15, 0.2) is 0 Å². The average molecular weight is 530 g/mol. The normalized spacial score (nSPS) is 13.1. The first kappa shape index (κ1) is 25.7. The number of morpholine rings is 1. The highest BCUT2D eigenvalue weighted by molar-refractivity contribution is 6.04. The minimum Gasteiger partial charge on any atom is -0.456 e. The number of nitrogens with one attached hydrogen (secondary N) is 2. The molecule has 12 nitrogen and oxygen atoms in total. The van der Waals surface area contributed by atoms with Crippen molar-refractivity contribution in [2.75, 3.05) is 36.9 Å². The van der Waals surface area contributed by atoms with E-state index in [4.69, 9.17) is 9.47 Å². The molecule has 0 spiro atoms. The molecule has 0 radical (unpaired) electrons. The summed E-state index contributed by atoms with van der Waals surface area (Å²) in [6.45, 7) is 3.76. The molecule has 4 aromatic rings. The second-order valence-electron chi connectivity index (χ2n) is 8.78. The van der Waals surface area contributed by atoms with Gasteiger partial charge in [0.05, 0.1) is 30.8 Å². The van der Waals surface area contributed by atoms with Crippen LogP contribution in [0.3, 0.4) is 0 Å². The number of hydrogen-bond acceptors (Lipinski definition) is 7. The third kappa shape index (κ3) is 5.65. The predicted molar refractivity (Wildman–Crippen MR) is 144 cm³/mol. The van der Waals surface area contributed by atoms with Gasteiger partial charge < -0.3 is 19.7 Å². The maximum absolute atomic E-state index is 13.1. The number of carbonyl (C=O) groups is 2. The van der Waals surface area contributed by atoms with Gasteiger partial charge in [-0.15, -0.1) is 0 Å². The molecule has 5 rings (SSSR count). The summed E-state index contributed by atoms with van der Waals surface area (Å²) in [7, 11) is 1.73. The average Bonchev–Trinajstić information content (AvgIpc) is 3.18. The topological polar surface area (TPSA) is 133 Å². The number of anilines is 2. The van der Waals surface area contributed by atoms with Gasteiger partial charge in [0.2, 0.25) is 0 Å². The number of rotatable bonds is 6. The molecule has 1 aliphatic heterocycles. The molecule has 1 aromatic carbocycles. The number of pyridine rings is 2. The molecular weight excluding hydrogens is 502 g/mol. The second kappa shape index (κ2) is 11.2. The maximum atomic E-state index is 13.1. The lowest BCUT2D eigenvalue weighted by Gasteiger charge is -2.26. The smallest absolute Gasteiger partial charge is 0.323 e. The van der Waals surface area contributed by atoms with Gasteiger partial charge in [-0.05, 0) is 37.3 Å². The van der Waals surface area contributed by atoms with Crippen molar-refractivity contribution in [2.24, 2.45) is 7.05 Å². The quantitative estimate of drug-likeness (QED) is 0.392. The zero-order valence-electron chi connectivity index (χ0n) is 21.5. The van der Waals surface area contributed by atoms with Gasteiger partial charge in [0, 0.05) is 32.4 Å². The summed E-state index contributed by atoms with van der Waals surface area (Å²) in [6, 6.07) is 15.3. The van der Waals surface area contributed by atoms with Crippen molar-refractivity contribution >= 4 is 23.6 Å². The zero-order valence-corrected chi connectivity index (χ0v) is 21.5. The Morgan fingerprint density at radius 2 is 1.72 bits per heavy atom. The first-order valence-corrected chi connectivity index (χ1v) is 12.3. The van der Waals surface area contributed by atoms with Crippen LogP contribution < -0.4 is 20.9 Å². The fraction of sp³-hybridized carbons (Fsp3) is 0.222. The van der Waals surface area contributed by atoms with E-state index in [0.29, 0.717) is 55.0 Å². The van der Waals surface area contributed by atoms with Crippen LogP contribution in [0.5, 0.6) is 11.5 Å². The molecule has 2 N–H and O–H groups in total. The fourth-order valence-electron chi connectivity index (χ4n) is 4.16. The van der Waals surface area contributed by atoms with Crippen LogP contribution in [0.2, 0.25) is 0 Å². The Hall–Kier alpha value is -4.97. The Balaban J connectivity index is 1.24. The summed E-state index contributed by atoms with van der Waals surface area (Å²) in [5.74, 6) is 0.905. The number of amides is 3. The molecule has 4 heterocycles. The number of benzene rings is 1. The first-order valence-electron chi connectivity index (χ1n) is 12.3. The van der Waals surface area contributed by atoms with Crippen molar-refractivity contribution in [1.29, 1.82) is 0 Å². The molecule has 39 heavy (non-hydrogen) atoms. The number of para-hydroxylation sites is 1. The highest BCUT2D eigenvalue weighted by Gasteiger charge is 2.22. The van der Waals surface area contributed by atoms with Crippen molar-refractivity contribution < 1.29 is 19.1 Å². The Morgan fingerprint density at radius 3 is 2.44 bits per heavy atom. The van der Waals surface area contributed by atoms with Gasteiger partial charge in [-0.2, -0.15) is 0 Å². The number of aromatic nitrogens is 4. The molecule has 3 aromatic heterocycles. The van der Waals surface area contributed by atoms with E-state index in [9.17, 15) is 14.4 Å². The Bertz CT molecular complexity index is 1540. The van der Waals surface area contributed by atoms with Crippen molar-refractivity contribution in [1.82, 2.24) is 24.2 Å². The summed E-state index contributed by atoms with van der Waals surface area (Å²) < 4.78 is 14.2. The van der Waals surface area contributed by atoms with Gasteiger partial charge in [-0.25, -0.2) is 19.4 Å². The molecule has 0 unspecified atom stereocenters. The lowest BCUT2D eigenvalue weighted by molar-refractivity contribution is 0.0564. The molecular formula is C27H27N7O5. The zero-order chi connectivity index (χ0) is 27.4. The van der Waals surface area contributed by atoms with Crippen LogP contribution in [0.1, 0.15) is 16.1 Å². The van der Waals surface area contributed by atoms with Gasteiger partial charge in [0.1, 0.15) is 28.7 Å². The number of ether oxygens (including phenoxy) is 2. The monoisotopic (exact) mass is 529 g/mol. The summed E-state index contributed by atoms with van der Waals surface area (Å²) in [5, 5.41) is 5.44. The van der Waals surface area contributed by atoms with Gasteiger partial charge in [-0.1, -0.05) is 18.2 Å². The van der Waals surface area contributed by atoms with E-state index in [1.165, 1.54) is 17.1 Å². The summed E-state index contributed by atoms with van der Waals surface area (Å²) in [5.41, 5.74) is 0.794. The van der Waals surface area contributed by atoms with Gasteiger partial charge in [0.25, 0.3) is 11.5 Å². The van der Waals surface area contributed by atoms with E-state index in [1.54, 1.807) is 60.0 Å². The largest absolute Gasteiger partial charge is 0.456 e. The molecule has 0 bridgehead atoms. The highest BCUT2D eigenvalue weighted by Crippen LogP contribution is 2.23. The number of urea groups is 1. The Labute approximate surface area is 223 Å². The van der Waals surface area contributed by atoms with Crippen LogP contribution in [-0.4, -0.2) is 62.5 Å². The molecule has 200 valence electrons. The highest BCUT2D eigenvalue weighted by atomic mass is 16.5. The fourth-order valence-corrected chi connectivity index (χ4v) is 4.16. The molecule has 12 heteroatoms. The standard InChI is InChI=1S/C27H27N7O5/c1-18-24(26(36)34(32(18)2)19-6-4-3-5-7-19)25(35)30-22-9-8-21(17-29-22)39-20-10-11-28-23(16-20)31-27(37)33-12-14-38-15-13-33/h3-11,16-17H,12-15H2,1-2H3,(H,28,31,37)(H,29,30,35). The van der Waals surface area contributed by atoms with E-state index in [-0.39, 0.29) is 17.4 Å². The predicted octanol–water partition coefficient (Wildman–Crippen LogP) is 3.18. The first-order chi connectivity index (χ1) is 18.9. The lowest BCUT2D eigenvalue weighted by Crippen LogP contribution is -2.43. The van der Waals surface area contributed by atoms with E-state index in [0.717, 1.165) is 0 Å². The van der Waals surface area contributed by atoms with Crippen molar-refractivity contribution in [3.8, 4) is 17.2 Å². The molecule has 1 fully saturated rings. The number of carbonyl (C=O) groups excluding carboxylic acids is 2.